The van der Waals surface area contributed by atoms with Gasteiger partial charge < -0.3 is 9.80 Å². The van der Waals surface area contributed by atoms with Crippen LogP contribution in [-0.4, -0.2) is 6.71 Å². The predicted molar refractivity (Wildman–Crippen MR) is 231 cm³/mol. The van der Waals surface area contributed by atoms with Gasteiger partial charge in [0.1, 0.15) is 0 Å². The van der Waals surface area contributed by atoms with Gasteiger partial charge in [0, 0.05) is 43.3 Å². The van der Waals surface area contributed by atoms with Crippen molar-refractivity contribution in [1.82, 2.24) is 0 Å². The Balaban J connectivity index is 1.35. The maximum atomic E-state index is 2.67. The van der Waals surface area contributed by atoms with E-state index in [0.717, 1.165) is 0 Å². The summed E-state index contributed by atoms with van der Waals surface area (Å²) in [7, 11) is 0. The zero-order valence-electron chi connectivity index (χ0n) is 32.9. The molecule has 6 aromatic rings. The van der Waals surface area contributed by atoms with Crippen LogP contribution in [0.3, 0.4) is 0 Å². The highest BCUT2D eigenvalue weighted by atomic mass is 32.1. The van der Waals surface area contributed by atoms with E-state index < -0.39 is 0 Å². The molecule has 4 aliphatic rings. The van der Waals surface area contributed by atoms with Crippen molar-refractivity contribution in [3.05, 3.63) is 125 Å². The van der Waals surface area contributed by atoms with E-state index in [-0.39, 0.29) is 28.4 Å². The molecule has 1 aromatic heterocycles. The molecule has 0 saturated carbocycles. The second-order valence-corrected chi connectivity index (χ2v) is 20.2. The van der Waals surface area contributed by atoms with Gasteiger partial charge in [-0.25, -0.2) is 0 Å². The fourth-order valence-corrected chi connectivity index (χ4v) is 11.8. The molecule has 0 radical (unpaired) electrons. The van der Waals surface area contributed by atoms with Gasteiger partial charge in [0.25, 0.3) is 6.71 Å². The van der Waals surface area contributed by atoms with Crippen molar-refractivity contribution in [3.8, 4) is 0 Å². The fourth-order valence-electron chi connectivity index (χ4n) is 10.5. The molecule has 0 amide bonds. The number of para-hydroxylation sites is 2. The van der Waals surface area contributed by atoms with Crippen LogP contribution in [0.5, 0.6) is 0 Å². The third-order valence-electron chi connectivity index (χ3n) is 13.9. The molecule has 0 unspecified atom stereocenters. The van der Waals surface area contributed by atoms with Crippen molar-refractivity contribution in [1.29, 1.82) is 0 Å². The molecule has 266 valence electrons. The minimum Gasteiger partial charge on any atom is -0.311 e. The van der Waals surface area contributed by atoms with Crippen LogP contribution in [0, 0.1) is 6.92 Å². The number of hydrogen-bond acceptors (Lipinski definition) is 3. The molecule has 4 heteroatoms. The van der Waals surface area contributed by atoms with Crippen molar-refractivity contribution < 1.29 is 0 Å². The average molecular weight is 711 g/mol. The first kappa shape index (κ1) is 33.3. The van der Waals surface area contributed by atoms with Gasteiger partial charge in [-0.3, -0.25) is 0 Å². The van der Waals surface area contributed by atoms with Crippen LogP contribution in [0.2, 0.25) is 0 Å². The Hall–Kier alpha value is -4.28. The molecule has 5 aromatic carbocycles. The van der Waals surface area contributed by atoms with Crippen LogP contribution >= 0.6 is 11.3 Å². The largest absolute Gasteiger partial charge is 0.311 e. The zero-order valence-corrected chi connectivity index (χ0v) is 33.8. The molecule has 0 N–H and O–H groups in total. The maximum absolute atomic E-state index is 2.67. The number of fused-ring (bicyclic) bond motifs is 8. The summed E-state index contributed by atoms with van der Waals surface area (Å²) in [6.45, 7) is 22.1. The van der Waals surface area contributed by atoms with Gasteiger partial charge >= 0.3 is 0 Å². The third kappa shape index (κ3) is 4.63. The van der Waals surface area contributed by atoms with E-state index in [1.807, 2.05) is 0 Å². The number of hydrogen-bond donors (Lipinski definition) is 0. The quantitative estimate of drug-likeness (QED) is 0.165. The van der Waals surface area contributed by atoms with Crippen molar-refractivity contribution >= 4 is 78.0 Å². The van der Waals surface area contributed by atoms with Gasteiger partial charge in [-0.1, -0.05) is 104 Å². The molecule has 0 saturated heterocycles. The fraction of sp³-hybridized carbons (Fsp3) is 0.347. The Labute approximate surface area is 321 Å². The predicted octanol–water partition coefficient (Wildman–Crippen LogP) is 12.0. The summed E-state index contributed by atoms with van der Waals surface area (Å²) in [5.74, 6) is 0. The summed E-state index contributed by atoms with van der Waals surface area (Å²) < 4.78 is 2.89. The van der Waals surface area contributed by atoms with Gasteiger partial charge in [-0.15, -0.1) is 11.3 Å². The number of thiophene rings is 1. The van der Waals surface area contributed by atoms with Crippen LogP contribution in [0.1, 0.15) is 109 Å². The first-order valence-electron chi connectivity index (χ1n) is 19.8. The van der Waals surface area contributed by atoms with Crippen LogP contribution in [0.15, 0.2) is 97.1 Å². The van der Waals surface area contributed by atoms with Crippen molar-refractivity contribution in [2.75, 3.05) is 9.80 Å². The summed E-state index contributed by atoms with van der Waals surface area (Å²) in [4.78, 5) is 5.23. The molecular formula is C49H51BN2S. The Morgan fingerprint density at radius 1 is 0.528 bits per heavy atom. The second-order valence-electron chi connectivity index (χ2n) is 19.1. The topological polar surface area (TPSA) is 6.48 Å². The number of aryl methyl sites for hydroxylation is 1. The summed E-state index contributed by atoms with van der Waals surface area (Å²) in [5, 5.41) is 1.40. The van der Waals surface area contributed by atoms with Gasteiger partial charge in [0.15, 0.2) is 0 Å². The molecule has 3 heterocycles. The van der Waals surface area contributed by atoms with E-state index in [2.05, 4.69) is 181 Å². The summed E-state index contributed by atoms with van der Waals surface area (Å²) in [6, 6.07) is 37.7. The monoisotopic (exact) mass is 710 g/mol. The smallest absolute Gasteiger partial charge is 0.264 e. The molecule has 10 rings (SSSR count). The molecule has 2 aliphatic heterocycles. The molecule has 0 spiro atoms. The van der Waals surface area contributed by atoms with Gasteiger partial charge in [-0.05, 0) is 142 Å². The first-order valence-corrected chi connectivity index (χ1v) is 20.6. The standard InChI is InChI=1S/C49H51BN2S/c1-30-16-13-14-19-38(30)52-40-21-15-20-39-43(40)50(37-27-34-35(28-41(37)52)48(6,7)24-23-47(34,4)5)45-44(51(39)31-17-11-10-12-18-31)32-26-33-36(29-42(32)53-45)49(8,9)25-22-46(33,2)3/h10-21,26-29H,22-25H2,1-9H3. The van der Waals surface area contributed by atoms with Crippen LogP contribution in [0.4, 0.5) is 34.1 Å². The number of rotatable bonds is 2. The molecule has 53 heavy (non-hydrogen) atoms. The average Bonchev–Trinajstić information content (AvgIpc) is 3.50. The Morgan fingerprint density at radius 2 is 1.06 bits per heavy atom. The molecule has 0 atom stereocenters. The lowest BCUT2D eigenvalue weighted by molar-refractivity contribution is 0.332. The number of benzene rings is 5. The van der Waals surface area contributed by atoms with Gasteiger partial charge in [-0.2, -0.15) is 0 Å². The van der Waals surface area contributed by atoms with Crippen molar-refractivity contribution in [2.45, 2.75) is 110 Å². The van der Waals surface area contributed by atoms with Crippen LogP contribution < -0.4 is 25.5 Å². The Morgan fingerprint density at radius 3 is 1.70 bits per heavy atom. The van der Waals surface area contributed by atoms with Gasteiger partial charge in [0.05, 0.1) is 5.69 Å². The van der Waals surface area contributed by atoms with Crippen LogP contribution in [-0.2, 0) is 21.7 Å². The summed E-state index contributed by atoms with van der Waals surface area (Å²) in [6.07, 6.45) is 4.83. The minimum absolute atomic E-state index is 0.108. The number of anilines is 6. The normalized spacial score (nSPS) is 19.6. The van der Waals surface area contributed by atoms with E-state index in [0.29, 0.717) is 0 Å². The third-order valence-corrected chi connectivity index (χ3v) is 15.1. The van der Waals surface area contributed by atoms with E-state index in [1.165, 1.54) is 113 Å². The lowest BCUT2D eigenvalue weighted by Crippen LogP contribution is -2.61. The molecule has 2 nitrogen and oxygen atoms in total. The van der Waals surface area contributed by atoms with Crippen molar-refractivity contribution in [2.24, 2.45) is 0 Å². The lowest BCUT2D eigenvalue weighted by atomic mass is 9.35. The molecule has 0 fully saturated rings. The lowest BCUT2D eigenvalue weighted by Gasteiger charge is -2.47. The van der Waals surface area contributed by atoms with Crippen LogP contribution in [0.25, 0.3) is 10.1 Å². The molecule has 0 bridgehead atoms. The Bertz CT molecular complexity index is 2500. The summed E-state index contributed by atoms with van der Waals surface area (Å²) >= 11 is 2.05. The van der Waals surface area contributed by atoms with Gasteiger partial charge in [0.2, 0.25) is 0 Å². The van der Waals surface area contributed by atoms with E-state index >= 15 is 0 Å². The highest BCUT2D eigenvalue weighted by molar-refractivity contribution is 7.33. The Kier molecular flexibility index (Phi) is 6.86. The highest BCUT2D eigenvalue weighted by Crippen LogP contribution is 2.54. The van der Waals surface area contributed by atoms with Crippen molar-refractivity contribution in [3.63, 3.8) is 0 Å². The minimum atomic E-state index is 0.108. The maximum Gasteiger partial charge on any atom is 0.264 e. The second kappa shape index (κ2) is 10.9. The SMILES string of the molecule is Cc1ccccc1N1c2cc3c(cc2B2c4sc5cc6c(cc5c4N(c4ccccc4)c4cccc1c42)C(C)(C)CCC6(C)C)C(C)(C)CCC3(C)C. The molecular weight excluding hydrogens is 659 g/mol. The van der Waals surface area contributed by atoms with E-state index in [4.69, 9.17) is 0 Å². The van der Waals surface area contributed by atoms with E-state index in [1.54, 1.807) is 0 Å². The summed E-state index contributed by atoms with van der Waals surface area (Å²) in [5.41, 5.74) is 18.6. The first-order chi connectivity index (χ1) is 25.2. The number of nitrogens with zero attached hydrogens (tertiary/aromatic N) is 2. The van der Waals surface area contributed by atoms with E-state index in [9.17, 15) is 0 Å². The highest BCUT2D eigenvalue weighted by Gasteiger charge is 2.48. The zero-order chi connectivity index (χ0) is 36.8. The molecule has 2 aliphatic carbocycles.